The first kappa shape index (κ1) is 29.9. The molecule has 0 bridgehead atoms. The first-order valence-electron chi connectivity index (χ1n) is 14.7. The van der Waals surface area contributed by atoms with E-state index in [1.807, 2.05) is 43.4 Å². The lowest BCUT2D eigenvalue weighted by Crippen LogP contribution is -2.41. The van der Waals surface area contributed by atoms with Crippen LogP contribution in [0.4, 0.5) is 11.6 Å². The lowest BCUT2D eigenvalue weighted by Gasteiger charge is -2.37. The van der Waals surface area contributed by atoms with Gasteiger partial charge in [0.25, 0.3) is 0 Å². The largest absolute Gasteiger partial charge is 0.385 e. The second kappa shape index (κ2) is 13.6. The quantitative estimate of drug-likeness (QED) is 0.242. The molecule has 3 aromatic heterocycles. The van der Waals surface area contributed by atoms with Crippen LogP contribution in [0.5, 0.6) is 0 Å². The molecule has 0 atom stereocenters. The summed E-state index contributed by atoms with van der Waals surface area (Å²) >= 11 is 5.54. The highest BCUT2D eigenvalue weighted by Gasteiger charge is 2.37. The summed E-state index contributed by atoms with van der Waals surface area (Å²) in [7, 11) is 3.95. The van der Waals surface area contributed by atoms with Crippen molar-refractivity contribution in [3.8, 4) is 0 Å². The molecule has 3 fully saturated rings. The highest BCUT2D eigenvalue weighted by Crippen LogP contribution is 2.43. The number of carbonyl (C=O) groups excluding carboxylic acids is 1. The fraction of sp³-hybridized carbons (Fsp3) is 0.438. The molecule has 10 heteroatoms. The van der Waals surface area contributed by atoms with E-state index in [9.17, 15) is 9.90 Å². The van der Waals surface area contributed by atoms with E-state index in [-0.39, 0.29) is 0 Å². The Balaban J connectivity index is 0.000000243. The number of aromatic nitrogens is 4. The number of hydrogen-bond donors (Lipinski definition) is 3. The Hall–Kier alpha value is -3.53. The number of imidazole rings is 1. The number of nitrogens with one attached hydrogen (secondary N) is 2. The zero-order valence-corrected chi connectivity index (χ0v) is 25.1. The number of anilines is 2. The number of fused-ring (bicyclic) bond motifs is 1. The van der Waals surface area contributed by atoms with E-state index in [0.717, 1.165) is 78.6 Å². The molecule has 4 aromatic rings. The number of halogens is 1. The third-order valence-corrected chi connectivity index (χ3v) is 8.16. The fourth-order valence-corrected chi connectivity index (χ4v) is 5.06. The number of carbonyl (C=O) groups is 1. The Morgan fingerprint density at radius 1 is 1.05 bits per heavy atom. The van der Waals surface area contributed by atoms with Crippen LogP contribution in [-0.4, -0.2) is 62.8 Å². The van der Waals surface area contributed by atoms with Crippen molar-refractivity contribution in [1.29, 1.82) is 0 Å². The lowest BCUT2D eigenvalue weighted by molar-refractivity contribution is -0.108. The molecule has 0 spiro atoms. The van der Waals surface area contributed by atoms with E-state index in [1.54, 1.807) is 0 Å². The molecule has 1 aliphatic heterocycles. The zero-order chi connectivity index (χ0) is 29.5. The van der Waals surface area contributed by atoms with E-state index in [1.165, 1.54) is 24.7 Å². The Morgan fingerprint density at radius 2 is 1.76 bits per heavy atom. The van der Waals surface area contributed by atoms with Crippen molar-refractivity contribution in [3.05, 3.63) is 83.0 Å². The van der Waals surface area contributed by atoms with Gasteiger partial charge in [0.1, 0.15) is 29.9 Å². The molecule has 3 aliphatic rings. The van der Waals surface area contributed by atoms with Gasteiger partial charge in [0, 0.05) is 55.1 Å². The maximum atomic E-state index is 11.5. The number of piperidine rings is 1. The van der Waals surface area contributed by atoms with Crippen LogP contribution in [0.15, 0.2) is 61.2 Å². The molecular weight excluding hydrogens is 550 g/mol. The Bertz CT molecular complexity index is 1460. The number of pyridine rings is 1. The van der Waals surface area contributed by atoms with Gasteiger partial charge in [-0.3, -0.25) is 0 Å². The van der Waals surface area contributed by atoms with Gasteiger partial charge in [-0.2, -0.15) is 0 Å². The number of benzene rings is 1. The molecule has 0 amide bonds. The Kier molecular flexibility index (Phi) is 9.72. The highest BCUT2D eigenvalue weighted by atomic mass is 35.5. The smallest absolute Gasteiger partial charge is 0.143 e. The summed E-state index contributed by atoms with van der Waals surface area (Å²) in [6, 6.07) is 13.5. The molecular formula is C32H40ClN7O2. The predicted molar refractivity (Wildman–Crippen MR) is 167 cm³/mol. The van der Waals surface area contributed by atoms with Gasteiger partial charge < -0.3 is 29.8 Å². The van der Waals surface area contributed by atoms with Crippen LogP contribution in [-0.2, 0) is 16.9 Å². The van der Waals surface area contributed by atoms with E-state index in [4.69, 9.17) is 16.6 Å². The van der Waals surface area contributed by atoms with Gasteiger partial charge in [0.05, 0.1) is 17.8 Å². The number of likely N-dealkylation sites (tertiary alicyclic amines) is 1. The normalized spacial score (nSPS) is 17.8. The van der Waals surface area contributed by atoms with Crippen LogP contribution in [0.1, 0.15) is 61.3 Å². The van der Waals surface area contributed by atoms with Gasteiger partial charge in [-0.05, 0) is 75.3 Å². The molecule has 7 rings (SSSR count). The number of rotatable bonds is 7. The minimum atomic E-state index is -0.816. The minimum absolute atomic E-state index is 0.454. The zero-order valence-electron chi connectivity index (χ0n) is 24.3. The van der Waals surface area contributed by atoms with Gasteiger partial charge in [0.15, 0.2) is 0 Å². The van der Waals surface area contributed by atoms with E-state index >= 15 is 0 Å². The minimum Gasteiger partial charge on any atom is -0.385 e. The summed E-state index contributed by atoms with van der Waals surface area (Å²) in [6.45, 7) is 2.35. The molecule has 3 N–H and O–H groups in total. The predicted octanol–water partition coefficient (Wildman–Crippen LogP) is 5.50. The van der Waals surface area contributed by atoms with Crippen molar-refractivity contribution in [2.75, 3.05) is 37.8 Å². The van der Waals surface area contributed by atoms with Crippen molar-refractivity contribution >= 4 is 35.2 Å². The molecule has 1 saturated heterocycles. The summed E-state index contributed by atoms with van der Waals surface area (Å²) in [5, 5.41) is 18.7. The average Bonchev–Trinajstić information content (AvgIpc) is 3.95. The van der Waals surface area contributed by atoms with Gasteiger partial charge in [-0.1, -0.05) is 29.8 Å². The second-order valence-corrected chi connectivity index (χ2v) is 11.9. The molecule has 0 unspecified atom stereocenters. The molecule has 0 radical (unpaired) electrons. The van der Waals surface area contributed by atoms with E-state index < -0.39 is 5.60 Å². The van der Waals surface area contributed by atoms with Crippen LogP contribution < -0.4 is 10.6 Å². The molecule has 1 aromatic carbocycles. The average molecular weight is 590 g/mol. The summed E-state index contributed by atoms with van der Waals surface area (Å²) in [5.41, 5.74) is 3.26. The summed E-state index contributed by atoms with van der Waals surface area (Å²) < 4.78 is 2.11. The summed E-state index contributed by atoms with van der Waals surface area (Å²) in [6.07, 6.45) is 13.0. The maximum Gasteiger partial charge on any atom is 0.143 e. The topological polar surface area (TPSA) is 108 Å². The first-order valence-corrected chi connectivity index (χ1v) is 15.1. The summed E-state index contributed by atoms with van der Waals surface area (Å²) in [5.74, 6) is 2.59. The fourth-order valence-electron chi connectivity index (χ4n) is 4.92. The van der Waals surface area contributed by atoms with Crippen molar-refractivity contribution in [2.24, 2.45) is 5.92 Å². The van der Waals surface area contributed by atoms with Crippen molar-refractivity contribution in [2.45, 2.75) is 56.6 Å². The third kappa shape index (κ3) is 8.06. The second-order valence-electron chi connectivity index (χ2n) is 11.4. The van der Waals surface area contributed by atoms with Gasteiger partial charge >= 0.3 is 0 Å². The first-order chi connectivity index (χ1) is 20.4. The van der Waals surface area contributed by atoms with Gasteiger partial charge in [-0.15, -0.1) is 0 Å². The van der Waals surface area contributed by atoms with E-state index in [2.05, 4.69) is 55.4 Å². The van der Waals surface area contributed by atoms with Crippen molar-refractivity contribution < 1.29 is 9.90 Å². The molecule has 4 heterocycles. The number of nitrogens with zero attached hydrogens (tertiary/aromatic N) is 5. The SMILES string of the molecule is CNc1cc(NCc2cn3cc(C4CC4)cc(C4(O)CCN(C)CC4)c3n2)ncn1.Clc1ccccc1.O=CC1CC1. The summed E-state index contributed by atoms with van der Waals surface area (Å²) in [4.78, 5) is 25.2. The van der Waals surface area contributed by atoms with Crippen LogP contribution in [0, 0.1) is 5.92 Å². The Labute approximate surface area is 252 Å². The molecule has 222 valence electrons. The van der Waals surface area contributed by atoms with Gasteiger partial charge in [-0.25, -0.2) is 15.0 Å². The van der Waals surface area contributed by atoms with Crippen molar-refractivity contribution in [3.63, 3.8) is 0 Å². The van der Waals surface area contributed by atoms with Crippen LogP contribution >= 0.6 is 11.6 Å². The van der Waals surface area contributed by atoms with Gasteiger partial charge in [0.2, 0.25) is 0 Å². The van der Waals surface area contributed by atoms with Crippen molar-refractivity contribution in [1.82, 2.24) is 24.3 Å². The van der Waals surface area contributed by atoms with Crippen LogP contribution in [0.25, 0.3) is 5.65 Å². The lowest BCUT2D eigenvalue weighted by atomic mass is 9.84. The van der Waals surface area contributed by atoms with Crippen LogP contribution in [0.3, 0.4) is 0 Å². The Morgan fingerprint density at radius 3 is 2.33 bits per heavy atom. The molecule has 2 aliphatic carbocycles. The molecule has 42 heavy (non-hydrogen) atoms. The third-order valence-electron chi connectivity index (χ3n) is 7.91. The monoisotopic (exact) mass is 589 g/mol. The molecule has 2 saturated carbocycles. The van der Waals surface area contributed by atoms with Crippen LogP contribution in [0.2, 0.25) is 5.02 Å². The highest BCUT2D eigenvalue weighted by molar-refractivity contribution is 6.30. The standard InChI is InChI=1S/C22H29N7O.C6H5Cl.C4H6O/c1-23-19-10-20(26-14-25-19)24-11-17-13-29-12-16(15-3-4-15)9-18(21(29)27-17)22(30)5-7-28(2)8-6-22;7-6-4-2-1-3-5-6;5-3-4-1-2-4/h9-10,12-15,30H,3-8,11H2,1-2H3,(H2,23,24,25,26);1-5H;3-4H,1-2H2. The number of aliphatic hydroxyl groups is 1. The molecule has 9 nitrogen and oxygen atoms in total. The van der Waals surface area contributed by atoms with E-state index in [0.29, 0.717) is 18.4 Å². The number of hydrogen-bond acceptors (Lipinski definition) is 8. The number of aldehydes is 1. The maximum absolute atomic E-state index is 11.5.